The molecule has 0 saturated carbocycles. The van der Waals surface area contributed by atoms with Crippen LogP contribution in [0.15, 0.2) is 0 Å². The van der Waals surface area contributed by atoms with Gasteiger partial charge in [-0.3, -0.25) is 14.6 Å². The zero-order valence-corrected chi connectivity index (χ0v) is 17.2. The van der Waals surface area contributed by atoms with Crippen molar-refractivity contribution >= 4 is 5.91 Å². The number of nitrogens with zero attached hydrogens (tertiary/aromatic N) is 2. The summed E-state index contributed by atoms with van der Waals surface area (Å²) in [6.45, 7) is 16.5. The van der Waals surface area contributed by atoms with Gasteiger partial charge in [0, 0.05) is 45.2 Å². The lowest BCUT2D eigenvalue weighted by Crippen LogP contribution is -2.55. The molecule has 0 aromatic rings. The molecule has 1 N–H and O–H groups in total. The zero-order chi connectivity index (χ0) is 18.9. The topological polar surface area (TPSA) is 54.0 Å². The van der Waals surface area contributed by atoms with Gasteiger partial charge in [0.25, 0.3) is 0 Å². The summed E-state index contributed by atoms with van der Waals surface area (Å²) in [5, 5.41) is 3.00. The minimum Gasteiger partial charge on any atom is -0.373 e. The van der Waals surface area contributed by atoms with Crippen LogP contribution in [-0.2, 0) is 14.3 Å². The molecule has 0 radical (unpaired) electrons. The highest BCUT2D eigenvalue weighted by Crippen LogP contribution is 2.17. The fraction of sp³-hybridized carbons (Fsp3) is 0.950. The third kappa shape index (κ3) is 7.51. The summed E-state index contributed by atoms with van der Waals surface area (Å²) < 4.78 is 12.1. The molecule has 152 valence electrons. The third-order valence-corrected chi connectivity index (χ3v) is 5.28. The van der Waals surface area contributed by atoms with Crippen LogP contribution in [0.1, 0.15) is 40.5 Å². The second-order valence-corrected chi connectivity index (χ2v) is 8.40. The SMILES string of the molecule is CC(C)CCCN1CCOC(C2CN(CCNC(=O)C(C)C)CCO2)C1. The Kier molecular flexibility index (Phi) is 9.33. The average Bonchev–Trinajstić information content (AvgIpc) is 2.62. The van der Waals surface area contributed by atoms with E-state index in [9.17, 15) is 4.79 Å². The Morgan fingerprint density at radius 2 is 1.58 bits per heavy atom. The molecule has 0 aromatic carbocycles. The lowest BCUT2D eigenvalue weighted by Gasteiger charge is -2.41. The van der Waals surface area contributed by atoms with Gasteiger partial charge in [-0.15, -0.1) is 0 Å². The summed E-state index contributed by atoms with van der Waals surface area (Å²) in [6.07, 6.45) is 2.85. The number of hydrogen-bond acceptors (Lipinski definition) is 5. The van der Waals surface area contributed by atoms with E-state index < -0.39 is 0 Å². The van der Waals surface area contributed by atoms with Gasteiger partial charge in [-0.05, 0) is 25.3 Å². The van der Waals surface area contributed by atoms with Gasteiger partial charge in [0.1, 0.15) is 0 Å². The highest BCUT2D eigenvalue weighted by Gasteiger charge is 2.32. The molecule has 0 aromatic heterocycles. The van der Waals surface area contributed by atoms with Crippen molar-refractivity contribution < 1.29 is 14.3 Å². The van der Waals surface area contributed by atoms with Crippen molar-refractivity contribution in [3.05, 3.63) is 0 Å². The van der Waals surface area contributed by atoms with Crippen molar-refractivity contribution in [2.45, 2.75) is 52.7 Å². The number of nitrogens with one attached hydrogen (secondary N) is 1. The largest absolute Gasteiger partial charge is 0.373 e. The average molecular weight is 370 g/mol. The van der Waals surface area contributed by atoms with Crippen molar-refractivity contribution in [2.75, 3.05) is 59.0 Å². The van der Waals surface area contributed by atoms with Crippen LogP contribution in [0.5, 0.6) is 0 Å². The van der Waals surface area contributed by atoms with E-state index in [4.69, 9.17) is 9.47 Å². The van der Waals surface area contributed by atoms with Gasteiger partial charge in [0.05, 0.1) is 25.4 Å². The quantitative estimate of drug-likeness (QED) is 0.669. The molecule has 2 aliphatic rings. The van der Waals surface area contributed by atoms with E-state index >= 15 is 0 Å². The summed E-state index contributed by atoms with van der Waals surface area (Å²) in [6, 6.07) is 0. The molecule has 0 bridgehead atoms. The van der Waals surface area contributed by atoms with Crippen LogP contribution >= 0.6 is 0 Å². The summed E-state index contributed by atoms with van der Waals surface area (Å²) in [5.41, 5.74) is 0. The smallest absolute Gasteiger partial charge is 0.222 e. The van der Waals surface area contributed by atoms with E-state index in [-0.39, 0.29) is 24.0 Å². The molecule has 2 unspecified atom stereocenters. The predicted molar refractivity (Wildman–Crippen MR) is 104 cm³/mol. The standard InChI is InChI=1S/C20H39N3O3/c1-16(2)6-5-8-22-10-12-25-18(14-22)19-15-23(11-13-26-19)9-7-21-20(24)17(3)4/h16-19H,5-15H2,1-4H3,(H,21,24). The van der Waals surface area contributed by atoms with E-state index in [1.54, 1.807) is 0 Å². The first-order chi connectivity index (χ1) is 12.5. The van der Waals surface area contributed by atoms with E-state index in [0.29, 0.717) is 6.54 Å². The van der Waals surface area contributed by atoms with Crippen LogP contribution in [0.2, 0.25) is 0 Å². The number of morpholine rings is 2. The van der Waals surface area contributed by atoms with Gasteiger partial charge < -0.3 is 14.8 Å². The maximum atomic E-state index is 11.7. The second kappa shape index (κ2) is 11.2. The Morgan fingerprint density at radius 1 is 1.00 bits per heavy atom. The van der Waals surface area contributed by atoms with Crippen molar-refractivity contribution in [3.63, 3.8) is 0 Å². The number of carbonyl (C=O) groups excluding carboxylic acids is 1. The number of carbonyl (C=O) groups is 1. The molecule has 2 rings (SSSR count). The van der Waals surface area contributed by atoms with Crippen LogP contribution in [0.4, 0.5) is 0 Å². The number of hydrogen-bond donors (Lipinski definition) is 1. The molecule has 0 aliphatic carbocycles. The van der Waals surface area contributed by atoms with Crippen LogP contribution in [0, 0.1) is 11.8 Å². The second-order valence-electron chi connectivity index (χ2n) is 8.40. The Morgan fingerprint density at radius 3 is 2.12 bits per heavy atom. The molecule has 2 aliphatic heterocycles. The summed E-state index contributed by atoms with van der Waals surface area (Å²) >= 11 is 0. The maximum Gasteiger partial charge on any atom is 0.222 e. The summed E-state index contributed by atoms with van der Waals surface area (Å²) in [7, 11) is 0. The van der Waals surface area contributed by atoms with Crippen molar-refractivity contribution in [3.8, 4) is 0 Å². The molecule has 26 heavy (non-hydrogen) atoms. The molecule has 6 heteroatoms. The highest BCUT2D eigenvalue weighted by molar-refractivity contribution is 5.77. The van der Waals surface area contributed by atoms with E-state index in [1.807, 2.05) is 13.8 Å². The maximum absolute atomic E-state index is 11.7. The van der Waals surface area contributed by atoms with Gasteiger partial charge in [-0.25, -0.2) is 0 Å². The molecule has 2 heterocycles. The van der Waals surface area contributed by atoms with Crippen molar-refractivity contribution in [1.82, 2.24) is 15.1 Å². The van der Waals surface area contributed by atoms with Gasteiger partial charge in [0.15, 0.2) is 0 Å². The molecule has 6 nitrogen and oxygen atoms in total. The molecule has 2 atom stereocenters. The van der Waals surface area contributed by atoms with Gasteiger partial charge in [0.2, 0.25) is 5.91 Å². The Labute approximate surface area is 159 Å². The van der Waals surface area contributed by atoms with Crippen LogP contribution < -0.4 is 5.32 Å². The monoisotopic (exact) mass is 369 g/mol. The first-order valence-corrected chi connectivity index (χ1v) is 10.4. The van der Waals surface area contributed by atoms with Crippen molar-refractivity contribution in [1.29, 1.82) is 0 Å². The summed E-state index contributed by atoms with van der Waals surface area (Å²) in [5.74, 6) is 0.950. The first kappa shape index (κ1) is 21.6. The van der Waals surface area contributed by atoms with Crippen LogP contribution in [-0.4, -0.2) is 86.9 Å². The van der Waals surface area contributed by atoms with Gasteiger partial charge in [-0.2, -0.15) is 0 Å². The highest BCUT2D eigenvalue weighted by atomic mass is 16.5. The van der Waals surface area contributed by atoms with E-state index in [0.717, 1.165) is 58.4 Å². The Bertz CT molecular complexity index is 417. The fourth-order valence-electron chi connectivity index (χ4n) is 3.58. The number of rotatable bonds is 9. The molecular weight excluding hydrogens is 330 g/mol. The minimum absolute atomic E-state index is 0.0461. The third-order valence-electron chi connectivity index (χ3n) is 5.28. The van der Waals surface area contributed by atoms with Gasteiger partial charge in [-0.1, -0.05) is 27.7 Å². The lowest BCUT2D eigenvalue weighted by molar-refractivity contribution is -0.138. The molecule has 2 fully saturated rings. The van der Waals surface area contributed by atoms with E-state index in [2.05, 4.69) is 29.0 Å². The van der Waals surface area contributed by atoms with Crippen LogP contribution in [0.3, 0.4) is 0 Å². The Hall–Kier alpha value is -0.690. The number of amides is 1. The zero-order valence-electron chi connectivity index (χ0n) is 17.2. The normalized spacial score (nSPS) is 25.8. The fourth-order valence-corrected chi connectivity index (χ4v) is 3.58. The van der Waals surface area contributed by atoms with Crippen molar-refractivity contribution in [2.24, 2.45) is 11.8 Å². The minimum atomic E-state index is 0.0461. The molecule has 1 amide bonds. The molecule has 2 saturated heterocycles. The Balaban J connectivity index is 1.71. The summed E-state index contributed by atoms with van der Waals surface area (Å²) in [4.78, 5) is 16.6. The van der Waals surface area contributed by atoms with Gasteiger partial charge >= 0.3 is 0 Å². The van der Waals surface area contributed by atoms with Crippen LogP contribution in [0.25, 0.3) is 0 Å². The number of ether oxygens (including phenoxy) is 2. The predicted octanol–water partition coefficient (Wildman–Crippen LogP) is 1.60. The molecular formula is C20H39N3O3. The molecule has 0 spiro atoms. The first-order valence-electron chi connectivity index (χ1n) is 10.4. The van der Waals surface area contributed by atoms with E-state index in [1.165, 1.54) is 12.8 Å². The lowest BCUT2D eigenvalue weighted by atomic mass is 10.1.